The average Bonchev–Trinajstić information content (AvgIpc) is 3.19. The highest BCUT2D eigenvalue weighted by molar-refractivity contribution is 7.18. The van der Waals surface area contributed by atoms with Crippen molar-refractivity contribution >= 4 is 27.4 Å². The molecule has 6 nitrogen and oxygen atoms in total. The molecule has 1 aliphatic heterocycles. The quantitative estimate of drug-likeness (QED) is 0.748. The van der Waals surface area contributed by atoms with Crippen LogP contribution in [-0.4, -0.2) is 45.4 Å². The van der Waals surface area contributed by atoms with Gasteiger partial charge < -0.3 is 10.2 Å². The summed E-state index contributed by atoms with van der Waals surface area (Å²) in [4.78, 5) is 14.0. The van der Waals surface area contributed by atoms with Crippen molar-refractivity contribution in [1.29, 1.82) is 0 Å². The zero-order valence-corrected chi connectivity index (χ0v) is 16.5. The SMILES string of the molecule is Cc1sc2ncnc(N3CCC(NCCc4ccnn4C)CC3)c2c1C. The van der Waals surface area contributed by atoms with Crippen LogP contribution in [0.25, 0.3) is 10.2 Å². The summed E-state index contributed by atoms with van der Waals surface area (Å²) < 4.78 is 1.95. The fourth-order valence-corrected chi connectivity index (χ4v) is 4.74. The molecule has 0 aromatic carbocycles. The lowest BCUT2D eigenvalue weighted by molar-refractivity contribution is 0.415. The molecule has 0 amide bonds. The Morgan fingerprint density at radius 3 is 2.77 bits per heavy atom. The van der Waals surface area contributed by atoms with Crippen molar-refractivity contribution in [2.45, 2.75) is 39.2 Å². The van der Waals surface area contributed by atoms with Gasteiger partial charge in [0.1, 0.15) is 17.0 Å². The maximum atomic E-state index is 4.63. The Hall–Kier alpha value is -1.99. The van der Waals surface area contributed by atoms with E-state index in [0.717, 1.165) is 49.5 Å². The first-order chi connectivity index (χ1) is 12.6. The molecule has 4 heterocycles. The molecule has 0 unspecified atom stereocenters. The molecule has 1 fully saturated rings. The zero-order chi connectivity index (χ0) is 18.1. The first-order valence-electron chi connectivity index (χ1n) is 9.29. The molecule has 0 atom stereocenters. The molecule has 7 heteroatoms. The Labute approximate surface area is 158 Å². The molecule has 1 N–H and O–H groups in total. The van der Waals surface area contributed by atoms with E-state index in [-0.39, 0.29) is 0 Å². The molecule has 4 rings (SSSR count). The lowest BCUT2D eigenvalue weighted by atomic mass is 10.0. The Morgan fingerprint density at radius 2 is 2.04 bits per heavy atom. The van der Waals surface area contributed by atoms with E-state index in [9.17, 15) is 0 Å². The van der Waals surface area contributed by atoms with Crippen molar-refractivity contribution in [2.75, 3.05) is 24.5 Å². The fourth-order valence-electron chi connectivity index (χ4n) is 3.75. The number of rotatable bonds is 5. The summed E-state index contributed by atoms with van der Waals surface area (Å²) in [5, 5.41) is 9.19. The highest BCUT2D eigenvalue weighted by atomic mass is 32.1. The molecule has 1 saturated heterocycles. The Bertz CT molecular complexity index is 891. The van der Waals surface area contributed by atoms with E-state index in [0.29, 0.717) is 6.04 Å². The monoisotopic (exact) mass is 370 g/mol. The average molecular weight is 371 g/mol. The number of fused-ring (bicyclic) bond motifs is 1. The number of hydrogen-bond acceptors (Lipinski definition) is 6. The zero-order valence-electron chi connectivity index (χ0n) is 15.7. The third kappa shape index (κ3) is 3.33. The van der Waals surface area contributed by atoms with Crippen LogP contribution in [0.1, 0.15) is 29.0 Å². The molecule has 1 aliphatic rings. The molecule has 0 spiro atoms. The molecule has 0 bridgehead atoms. The van der Waals surface area contributed by atoms with Gasteiger partial charge in [0.2, 0.25) is 0 Å². The molecule has 138 valence electrons. The van der Waals surface area contributed by atoms with Crippen LogP contribution >= 0.6 is 11.3 Å². The lowest BCUT2D eigenvalue weighted by Crippen LogP contribution is -2.43. The van der Waals surface area contributed by atoms with Gasteiger partial charge >= 0.3 is 0 Å². The lowest BCUT2D eigenvalue weighted by Gasteiger charge is -2.33. The van der Waals surface area contributed by atoms with Crippen LogP contribution in [0.4, 0.5) is 5.82 Å². The topological polar surface area (TPSA) is 58.9 Å². The van der Waals surface area contributed by atoms with E-state index < -0.39 is 0 Å². The van der Waals surface area contributed by atoms with Gasteiger partial charge in [-0.25, -0.2) is 9.97 Å². The first-order valence-corrected chi connectivity index (χ1v) is 10.1. The smallest absolute Gasteiger partial charge is 0.141 e. The summed E-state index contributed by atoms with van der Waals surface area (Å²) in [6.45, 7) is 7.45. The van der Waals surface area contributed by atoms with Crippen LogP contribution < -0.4 is 10.2 Å². The van der Waals surface area contributed by atoms with Gasteiger partial charge in [0.15, 0.2) is 0 Å². The minimum absolute atomic E-state index is 0.585. The fraction of sp³-hybridized carbons (Fsp3) is 0.526. The predicted molar refractivity (Wildman–Crippen MR) is 107 cm³/mol. The Balaban J connectivity index is 1.36. The van der Waals surface area contributed by atoms with Crippen molar-refractivity contribution in [2.24, 2.45) is 7.05 Å². The van der Waals surface area contributed by atoms with Crippen LogP contribution in [0, 0.1) is 13.8 Å². The van der Waals surface area contributed by atoms with E-state index in [1.165, 1.54) is 21.5 Å². The molecule has 3 aromatic heterocycles. The highest BCUT2D eigenvalue weighted by Gasteiger charge is 2.23. The number of aromatic nitrogens is 4. The van der Waals surface area contributed by atoms with Crippen LogP contribution in [0.3, 0.4) is 0 Å². The van der Waals surface area contributed by atoms with Crippen molar-refractivity contribution in [3.8, 4) is 0 Å². The summed E-state index contributed by atoms with van der Waals surface area (Å²) in [7, 11) is 2.00. The molecular formula is C19H26N6S. The number of nitrogens with zero attached hydrogens (tertiary/aromatic N) is 5. The highest BCUT2D eigenvalue weighted by Crippen LogP contribution is 2.35. The van der Waals surface area contributed by atoms with Crippen molar-refractivity contribution in [3.63, 3.8) is 0 Å². The number of nitrogens with one attached hydrogen (secondary N) is 1. The van der Waals surface area contributed by atoms with Crippen molar-refractivity contribution < 1.29 is 0 Å². The Morgan fingerprint density at radius 1 is 1.23 bits per heavy atom. The number of hydrogen-bond donors (Lipinski definition) is 1. The van der Waals surface area contributed by atoms with Gasteiger partial charge in [-0.2, -0.15) is 5.10 Å². The summed E-state index contributed by atoms with van der Waals surface area (Å²) in [6, 6.07) is 2.68. The molecule has 26 heavy (non-hydrogen) atoms. The van der Waals surface area contributed by atoms with Gasteiger partial charge in [0.05, 0.1) is 5.39 Å². The first kappa shape index (κ1) is 17.4. The minimum Gasteiger partial charge on any atom is -0.356 e. The van der Waals surface area contributed by atoms with Gasteiger partial charge in [0, 0.05) is 55.9 Å². The number of thiophene rings is 1. The van der Waals surface area contributed by atoms with Crippen molar-refractivity contribution in [1.82, 2.24) is 25.1 Å². The third-order valence-corrected chi connectivity index (χ3v) is 6.59. The van der Waals surface area contributed by atoms with E-state index in [1.807, 2.05) is 17.9 Å². The van der Waals surface area contributed by atoms with Crippen molar-refractivity contribution in [3.05, 3.63) is 34.7 Å². The Kier molecular flexibility index (Phi) is 4.91. The standard InChI is InChI=1S/C19H26N6S/c1-13-14(2)26-19-17(13)18(21-12-22-19)25-10-6-15(7-11-25)20-8-4-16-5-9-23-24(16)3/h5,9,12,15,20H,4,6-8,10-11H2,1-3H3. The largest absolute Gasteiger partial charge is 0.356 e. The third-order valence-electron chi connectivity index (χ3n) is 5.48. The second kappa shape index (κ2) is 7.32. The normalized spacial score (nSPS) is 15.9. The summed E-state index contributed by atoms with van der Waals surface area (Å²) in [5.41, 5.74) is 2.61. The second-order valence-electron chi connectivity index (χ2n) is 7.07. The number of anilines is 1. The van der Waals surface area contributed by atoms with E-state index in [4.69, 9.17) is 0 Å². The van der Waals surface area contributed by atoms with Gasteiger partial charge in [-0.05, 0) is 38.3 Å². The van der Waals surface area contributed by atoms with E-state index in [2.05, 4.69) is 45.2 Å². The van der Waals surface area contributed by atoms with Crippen LogP contribution in [0.15, 0.2) is 18.6 Å². The minimum atomic E-state index is 0.585. The van der Waals surface area contributed by atoms with Gasteiger partial charge in [-0.3, -0.25) is 4.68 Å². The number of aryl methyl sites for hydroxylation is 3. The van der Waals surface area contributed by atoms with Crippen LogP contribution in [0.2, 0.25) is 0 Å². The maximum absolute atomic E-state index is 4.63. The van der Waals surface area contributed by atoms with Gasteiger partial charge in [0.25, 0.3) is 0 Å². The van der Waals surface area contributed by atoms with Crippen LogP contribution in [0.5, 0.6) is 0 Å². The second-order valence-corrected chi connectivity index (χ2v) is 8.28. The summed E-state index contributed by atoms with van der Waals surface area (Å²) in [6.07, 6.45) is 6.91. The molecule has 3 aromatic rings. The van der Waals surface area contributed by atoms with Crippen LogP contribution in [-0.2, 0) is 13.5 Å². The maximum Gasteiger partial charge on any atom is 0.141 e. The molecule has 0 radical (unpaired) electrons. The summed E-state index contributed by atoms with van der Waals surface area (Å²) in [5.74, 6) is 1.12. The van der Waals surface area contributed by atoms with Gasteiger partial charge in [-0.15, -0.1) is 11.3 Å². The number of piperidine rings is 1. The molecule has 0 aliphatic carbocycles. The molecule has 0 saturated carbocycles. The van der Waals surface area contributed by atoms with E-state index in [1.54, 1.807) is 17.7 Å². The molecular weight excluding hydrogens is 344 g/mol. The van der Waals surface area contributed by atoms with E-state index >= 15 is 0 Å². The predicted octanol–water partition coefficient (Wildman–Crippen LogP) is 2.84. The van der Waals surface area contributed by atoms with Gasteiger partial charge in [-0.1, -0.05) is 0 Å². The summed E-state index contributed by atoms with van der Waals surface area (Å²) >= 11 is 1.77.